The van der Waals surface area contributed by atoms with Gasteiger partial charge in [0.25, 0.3) is 0 Å². The molecule has 0 spiro atoms. The molecule has 1 fully saturated rings. The average molecular weight is 1020 g/mol. The first kappa shape index (κ1) is 37.1. The van der Waals surface area contributed by atoms with Gasteiger partial charge in [0, 0.05) is 51.1 Å². The van der Waals surface area contributed by atoms with Crippen LogP contribution in [0.25, 0.3) is 72.7 Å². The Morgan fingerprint density at radius 1 is 0.625 bits per heavy atom. The number of rotatable bonds is 8. The van der Waals surface area contributed by atoms with Gasteiger partial charge in [0.1, 0.15) is 11.6 Å². The van der Waals surface area contributed by atoms with E-state index in [2.05, 4.69) is 79.9 Å². The summed E-state index contributed by atoms with van der Waals surface area (Å²) in [4.78, 5) is 10.3. The number of pyridine rings is 1. The molecule has 2 heterocycles. The standard InChI is InChI=1S/C59H52N3O.Pt/c1-39-21-23-44(24-22-39)46-33-34-60-54(38-46)48-35-47(36-49(37-48)59(2,3)4)51-17-12-20-55-56(51)61-58(53-19-11-18-52(57(53)63)45-15-9-6-10-16-45)62(55)50-31-29-43(30-32-50)42-27-25-41(26-28-42)40-13-7-5-8-14-40;/h5-24,29-34,36-38,41-42,63H,25-28H2,1-4H3;/q-1;/i1D3,41D,42D;. The monoisotopic (exact) mass is 1020 g/mol. The summed E-state index contributed by atoms with van der Waals surface area (Å²) in [5.41, 5.74) is 12.7. The number of hydrogen-bond donors (Lipinski definition) is 1. The molecule has 0 saturated heterocycles. The number of aromatic hydroxyl groups is 1. The Kier molecular flexibility index (Phi) is 10.4. The maximum absolute atomic E-state index is 12.2. The molecule has 0 aliphatic heterocycles. The van der Waals surface area contributed by atoms with Gasteiger partial charge in [0.2, 0.25) is 0 Å². The fourth-order valence-electron chi connectivity index (χ4n) is 8.99. The van der Waals surface area contributed by atoms with Crippen LogP contribution in [0.1, 0.15) is 87.4 Å². The molecule has 9 aromatic rings. The molecule has 0 radical (unpaired) electrons. The molecule has 1 aliphatic rings. The number of para-hydroxylation sites is 2. The van der Waals surface area contributed by atoms with E-state index < -0.39 is 18.6 Å². The van der Waals surface area contributed by atoms with Crippen LogP contribution in [-0.4, -0.2) is 19.6 Å². The van der Waals surface area contributed by atoms with Crippen LogP contribution >= 0.6 is 0 Å². The number of imidazole rings is 1. The number of phenols is 1. The molecule has 10 rings (SSSR count). The van der Waals surface area contributed by atoms with Crippen LogP contribution in [0, 0.1) is 12.9 Å². The SMILES string of the molecule is [2H]C([2H])([2H])c1ccc(-c2ccnc(-c3[c-]c(-c4cccc5c4nc(-c4cccc(-c6ccccc6)c4O)n5-c4ccc(C5([2H])CCC([2H])(c6ccccc6)CC5)cc4)cc(C(C)(C)C)c3)c2)cc1.[Pt]. The summed E-state index contributed by atoms with van der Waals surface area (Å²) >= 11 is 0. The van der Waals surface area contributed by atoms with E-state index in [1.165, 1.54) is 0 Å². The average Bonchev–Trinajstić information content (AvgIpc) is 3.75. The smallest absolute Gasteiger partial charge is 0.148 e. The summed E-state index contributed by atoms with van der Waals surface area (Å²) in [6, 6.07) is 59.1. The first-order valence-electron chi connectivity index (χ1n) is 24.3. The zero-order chi connectivity index (χ0) is 47.4. The van der Waals surface area contributed by atoms with Gasteiger partial charge in [-0.15, -0.1) is 29.3 Å². The number of aryl methyl sites for hydroxylation is 1. The van der Waals surface area contributed by atoms with Crippen LogP contribution in [0.5, 0.6) is 5.75 Å². The normalized spacial score (nSPS) is 18.8. The molecule has 0 amide bonds. The van der Waals surface area contributed by atoms with Crippen molar-refractivity contribution in [1.82, 2.24) is 14.5 Å². The third-order valence-corrected chi connectivity index (χ3v) is 12.5. The van der Waals surface area contributed by atoms with Gasteiger partial charge in [0.15, 0.2) is 0 Å². The van der Waals surface area contributed by atoms with Gasteiger partial charge in [-0.05, 0) is 108 Å². The summed E-state index contributed by atoms with van der Waals surface area (Å²) in [6.07, 6.45) is 4.16. The molecule has 0 bridgehead atoms. The molecular formula is C59H52N3OPt-. The Labute approximate surface area is 399 Å². The largest absolute Gasteiger partial charge is 0.507 e. The first-order valence-corrected chi connectivity index (χ1v) is 21.8. The number of fused-ring (bicyclic) bond motifs is 1. The molecule has 0 atom stereocenters. The van der Waals surface area contributed by atoms with E-state index in [-0.39, 0.29) is 32.2 Å². The zero-order valence-electron chi connectivity index (χ0n) is 41.2. The Morgan fingerprint density at radius 2 is 1.25 bits per heavy atom. The third-order valence-electron chi connectivity index (χ3n) is 12.5. The molecule has 1 N–H and O–H groups in total. The van der Waals surface area contributed by atoms with Crippen molar-refractivity contribution in [2.24, 2.45) is 0 Å². The van der Waals surface area contributed by atoms with Crippen LogP contribution in [0.2, 0.25) is 0 Å². The predicted octanol–water partition coefficient (Wildman–Crippen LogP) is 15.3. The van der Waals surface area contributed by atoms with Crippen molar-refractivity contribution in [3.05, 3.63) is 204 Å². The van der Waals surface area contributed by atoms with E-state index >= 15 is 0 Å². The van der Waals surface area contributed by atoms with E-state index in [0.717, 1.165) is 72.5 Å². The maximum Gasteiger partial charge on any atom is 0.148 e. The molecule has 2 aromatic heterocycles. The second kappa shape index (κ2) is 18.0. The van der Waals surface area contributed by atoms with Crippen LogP contribution in [0.3, 0.4) is 0 Å². The van der Waals surface area contributed by atoms with Gasteiger partial charge in [-0.2, -0.15) is 0 Å². The Morgan fingerprint density at radius 3 is 1.94 bits per heavy atom. The van der Waals surface area contributed by atoms with E-state index in [0.29, 0.717) is 48.2 Å². The van der Waals surface area contributed by atoms with Crippen LogP contribution in [0.4, 0.5) is 0 Å². The van der Waals surface area contributed by atoms with E-state index in [1.54, 1.807) is 18.3 Å². The summed E-state index contributed by atoms with van der Waals surface area (Å²) in [5, 5.41) is 12.2. The second-order valence-corrected chi connectivity index (χ2v) is 17.6. The fraction of sp³-hybridized carbons (Fsp3) is 0.186. The Balaban J connectivity index is 0.00000593. The minimum Gasteiger partial charge on any atom is -0.507 e. The van der Waals surface area contributed by atoms with E-state index in [9.17, 15) is 7.85 Å². The van der Waals surface area contributed by atoms with Crippen molar-refractivity contribution >= 4 is 11.0 Å². The van der Waals surface area contributed by atoms with Crippen molar-refractivity contribution in [3.8, 4) is 67.5 Å². The van der Waals surface area contributed by atoms with Crippen molar-refractivity contribution < 1.29 is 33.0 Å². The minimum absolute atomic E-state index is 0. The molecule has 64 heavy (non-hydrogen) atoms. The topological polar surface area (TPSA) is 50.9 Å². The molecule has 1 aliphatic carbocycles. The fourth-order valence-corrected chi connectivity index (χ4v) is 8.99. The van der Waals surface area contributed by atoms with Crippen molar-refractivity contribution in [1.29, 1.82) is 0 Å². The van der Waals surface area contributed by atoms with Crippen LogP contribution in [-0.2, 0) is 26.5 Å². The number of hydrogen-bond acceptors (Lipinski definition) is 3. The number of phenolic OH excluding ortho intramolecular Hbond substituents is 1. The van der Waals surface area contributed by atoms with Gasteiger partial charge in [-0.25, -0.2) is 4.98 Å². The summed E-state index contributed by atoms with van der Waals surface area (Å²) in [7, 11) is 0. The molecule has 5 heteroatoms. The Bertz CT molecular complexity index is 3280. The van der Waals surface area contributed by atoms with Gasteiger partial charge in [-0.3, -0.25) is 9.55 Å². The number of benzene rings is 7. The molecule has 1 saturated carbocycles. The predicted molar refractivity (Wildman–Crippen MR) is 260 cm³/mol. The van der Waals surface area contributed by atoms with Crippen LogP contribution in [0.15, 0.2) is 176 Å². The quantitative estimate of drug-likeness (QED) is 0.154. The van der Waals surface area contributed by atoms with Crippen LogP contribution < -0.4 is 0 Å². The zero-order valence-corrected chi connectivity index (χ0v) is 38.4. The Hall–Kier alpha value is -6.35. The summed E-state index contributed by atoms with van der Waals surface area (Å²) in [6.45, 7) is 4.38. The number of nitrogens with zero attached hydrogens (tertiary/aromatic N) is 3. The van der Waals surface area contributed by atoms with Gasteiger partial charge in [-0.1, -0.05) is 165 Å². The van der Waals surface area contributed by atoms with Gasteiger partial charge < -0.3 is 5.11 Å². The minimum atomic E-state index is -2.18. The first-order chi connectivity index (χ1) is 32.6. The van der Waals surface area contributed by atoms with Gasteiger partial charge >= 0.3 is 0 Å². The molecule has 0 unspecified atom stereocenters. The number of aromatic nitrogens is 3. The third kappa shape index (κ3) is 8.52. The summed E-state index contributed by atoms with van der Waals surface area (Å²) in [5.74, 6) is -0.827. The second-order valence-electron chi connectivity index (χ2n) is 17.6. The molecular weight excluding hydrogens is 962 g/mol. The van der Waals surface area contributed by atoms with E-state index in [4.69, 9.17) is 14.1 Å². The van der Waals surface area contributed by atoms with Crippen molar-refractivity contribution in [2.75, 3.05) is 0 Å². The van der Waals surface area contributed by atoms with Crippen molar-refractivity contribution in [3.63, 3.8) is 0 Å². The van der Waals surface area contributed by atoms with Gasteiger partial charge in [0.05, 0.1) is 16.6 Å². The molecule has 7 aromatic carbocycles. The van der Waals surface area contributed by atoms with Crippen molar-refractivity contribution in [2.45, 2.75) is 70.5 Å². The molecule has 320 valence electrons. The summed E-state index contributed by atoms with van der Waals surface area (Å²) < 4.78 is 44.6. The van der Waals surface area contributed by atoms with E-state index in [1.807, 2.05) is 109 Å². The molecule has 4 nitrogen and oxygen atoms in total. The maximum atomic E-state index is 12.2.